The number of nitrogens with one attached hydrogen (secondary N) is 3. The van der Waals surface area contributed by atoms with Crippen LogP contribution in [0.5, 0.6) is 0 Å². The Morgan fingerprint density at radius 3 is 2.57 bits per heavy atom. The number of amides is 3. The van der Waals surface area contributed by atoms with Crippen molar-refractivity contribution in [3.8, 4) is 11.1 Å². The lowest BCUT2D eigenvalue weighted by Gasteiger charge is -2.25. The highest BCUT2D eigenvalue weighted by Gasteiger charge is 2.25. The lowest BCUT2D eigenvalue weighted by atomic mass is 9.88. The van der Waals surface area contributed by atoms with Crippen molar-refractivity contribution < 1.29 is 19.1 Å². The fourth-order valence-electron chi connectivity index (χ4n) is 4.92. The van der Waals surface area contributed by atoms with Gasteiger partial charge in [-0.1, -0.05) is 38.2 Å². The van der Waals surface area contributed by atoms with Gasteiger partial charge in [0.15, 0.2) is 0 Å². The molecule has 1 aromatic heterocycles. The fraction of sp³-hybridized carbons (Fsp3) is 0.481. The van der Waals surface area contributed by atoms with Crippen molar-refractivity contribution >= 4 is 29.3 Å². The third-order valence-corrected chi connectivity index (χ3v) is 6.86. The molecule has 8 nitrogen and oxygen atoms in total. The van der Waals surface area contributed by atoms with E-state index in [0.29, 0.717) is 17.8 Å². The van der Waals surface area contributed by atoms with Crippen LogP contribution in [0.3, 0.4) is 0 Å². The maximum atomic E-state index is 13.0. The van der Waals surface area contributed by atoms with Crippen molar-refractivity contribution in [2.45, 2.75) is 70.3 Å². The molecule has 186 valence electrons. The number of ether oxygens (including phenoxy) is 1. The molecule has 4 rings (SSSR count). The molecule has 1 aromatic carbocycles. The van der Waals surface area contributed by atoms with Crippen molar-refractivity contribution in [2.75, 3.05) is 17.7 Å². The molecule has 0 spiro atoms. The predicted octanol–water partition coefficient (Wildman–Crippen LogP) is 5.57. The molecule has 3 N–H and O–H groups in total. The van der Waals surface area contributed by atoms with Gasteiger partial charge in [-0.25, -0.2) is 4.79 Å². The van der Waals surface area contributed by atoms with E-state index >= 15 is 0 Å². The van der Waals surface area contributed by atoms with E-state index in [1.807, 2.05) is 18.2 Å². The van der Waals surface area contributed by atoms with Crippen molar-refractivity contribution in [3.63, 3.8) is 0 Å². The minimum absolute atomic E-state index is 0.0721. The van der Waals surface area contributed by atoms with Crippen LogP contribution >= 0.6 is 0 Å². The van der Waals surface area contributed by atoms with E-state index in [0.717, 1.165) is 68.2 Å². The maximum absolute atomic E-state index is 13.0. The second-order valence-electron chi connectivity index (χ2n) is 9.39. The summed E-state index contributed by atoms with van der Waals surface area (Å²) in [5, 5.41) is 8.94. The summed E-state index contributed by atoms with van der Waals surface area (Å²) < 4.78 is 4.69. The zero-order valence-electron chi connectivity index (χ0n) is 20.3. The van der Waals surface area contributed by atoms with E-state index in [1.165, 1.54) is 13.5 Å². The zero-order valence-corrected chi connectivity index (χ0v) is 20.3. The molecule has 0 unspecified atom stereocenters. The molecule has 1 aliphatic heterocycles. The van der Waals surface area contributed by atoms with E-state index < -0.39 is 6.09 Å². The smallest absolute Gasteiger partial charge is 0.411 e. The fourth-order valence-corrected chi connectivity index (χ4v) is 4.92. The Hall–Kier alpha value is -3.42. The van der Waals surface area contributed by atoms with Crippen LogP contribution in [0.1, 0.15) is 75.9 Å². The van der Waals surface area contributed by atoms with Gasteiger partial charge in [0.1, 0.15) is 0 Å². The van der Waals surface area contributed by atoms with Gasteiger partial charge in [0.2, 0.25) is 11.8 Å². The topological polar surface area (TPSA) is 109 Å². The lowest BCUT2D eigenvalue weighted by Crippen LogP contribution is -2.35. The van der Waals surface area contributed by atoms with Gasteiger partial charge in [0.25, 0.3) is 0 Å². The maximum Gasteiger partial charge on any atom is 0.411 e. The molecule has 2 aromatic rings. The van der Waals surface area contributed by atoms with Crippen LogP contribution in [0.25, 0.3) is 11.1 Å². The molecular formula is C27H34N4O4. The summed E-state index contributed by atoms with van der Waals surface area (Å²) in [5.74, 6) is 0.138. The number of benzene rings is 1. The molecule has 2 heterocycles. The quantitative estimate of drug-likeness (QED) is 0.534. The molecular weight excluding hydrogens is 444 g/mol. The third kappa shape index (κ3) is 6.59. The molecule has 0 saturated heterocycles. The summed E-state index contributed by atoms with van der Waals surface area (Å²) in [6.07, 6.45) is 10.2. The van der Waals surface area contributed by atoms with Crippen molar-refractivity contribution in [1.29, 1.82) is 0 Å². The summed E-state index contributed by atoms with van der Waals surface area (Å²) >= 11 is 0. The van der Waals surface area contributed by atoms with Crippen LogP contribution < -0.4 is 16.0 Å². The van der Waals surface area contributed by atoms with Gasteiger partial charge >= 0.3 is 6.09 Å². The van der Waals surface area contributed by atoms with Crippen LogP contribution in [-0.2, 0) is 14.3 Å². The van der Waals surface area contributed by atoms with Gasteiger partial charge in [-0.2, -0.15) is 0 Å². The Bertz CT molecular complexity index is 1060. The summed E-state index contributed by atoms with van der Waals surface area (Å²) in [7, 11) is 1.30. The summed E-state index contributed by atoms with van der Waals surface area (Å²) in [4.78, 5) is 42.0. The van der Waals surface area contributed by atoms with Gasteiger partial charge in [-0.05, 0) is 55.5 Å². The molecule has 2 bridgehead atoms. The summed E-state index contributed by atoms with van der Waals surface area (Å²) in [5.41, 5.74) is 3.63. The van der Waals surface area contributed by atoms with E-state index in [9.17, 15) is 14.4 Å². The van der Waals surface area contributed by atoms with Gasteiger partial charge in [-0.15, -0.1) is 0 Å². The average molecular weight is 479 g/mol. The average Bonchev–Trinajstić information content (AvgIpc) is 2.88. The first-order valence-electron chi connectivity index (χ1n) is 12.6. The predicted molar refractivity (Wildman–Crippen MR) is 135 cm³/mol. The number of aromatic nitrogens is 1. The van der Waals surface area contributed by atoms with Crippen LogP contribution in [0.4, 0.5) is 16.2 Å². The molecule has 3 amide bonds. The highest BCUT2D eigenvalue weighted by Crippen LogP contribution is 2.33. The second kappa shape index (κ2) is 11.8. The van der Waals surface area contributed by atoms with Crippen LogP contribution in [0, 0.1) is 5.92 Å². The number of fused-ring (bicyclic) bond motifs is 4. The monoisotopic (exact) mass is 478 g/mol. The molecule has 1 saturated carbocycles. The lowest BCUT2D eigenvalue weighted by molar-refractivity contribution is -0.126. The van der Waals surface area contributed by atoms with Gasteiger partial charge in [-0.3, -0.25) is 19.9 Å². The molecule has 1 aliphatic carbocycles. The SMILES string of the molecule is COC(=O)Nc1ccc2c(c1)NC(=O)CCCCC[C@H](NC(=O)C1CCCCC1)c1cc-2ccn1. The second-order valence-corrected chi connectivity index (χ2v) is 9.39. The van der Waals surface area contributed by atoms with Crippen LogP contribution in [-0.4, -0.2) is 30.0 Å². The molecule has 35 heavy (non-hydrogen) atoms. The number of methoxy groups -OCH3 is 1. The number of carbonyl (C=O) groups is 3. The standard InChI is InChI=1S/C27H34N4O4/c1-35-27(34)29-20-12-13-21-19-14-15-28-24(16-19)22(31-26(33)18-8-4-2-5-9-18)10-6-3-7-11-25(32)30-23(21)17-20/h12-18,22H,2-11H2,1H3,(H,29,34)(H,30,32)(H,31,33)/t22-/m0/s1. The normalized spacial score (nSPS) is 19.1. The van der Waals surface area contributed by atoms with E-state index in [-0.39, 0.29) is 23.8 Å². The first-order valence-corrected chi connectivity index (χ1v) is 12.6. The number of carbonyl (C=O) groups excluding carboxylic acids is 3. The molecule has 1 fully saturated rings. The number of pyridine rings is 1. The first-order chi connectivity index (χ1) is 17.0. The number of nitrogens with zero attached hydrogens (tertiary/aromatic N) is 1. The van der Waals surface area contributed by atoms with E-state index in [2.05, 4.69) is 25.7 Å². The molecule has 1 atom stereocenters. The van der Waals surface area contributed by atoms with Crippen LogP contribution in [0.2, 0.25) is 0 Å². The van der Waals surface area contributed by atoms with Crippen LogP contribution in [0.15, 0.2) is 36.5 Å². The van der Waals surface area contributed by atoms with E-state index in [1.54, 1.807) is 18.3 Å². The Balaban J connectivity index is 1.65. The number of anilines is 2. The largest absolute Gasteiger partial charge is 0.453 e. The van der Waals surface area contributed by atoms with Crippen molar-refractivity contribution in [1.82, 2.24) is 10.3 Å². The first kappa shape index (κ1) is 24.7. The number of hydrogen-bond acceptors (Lipinski definition) is 5. The number of rotatable bonds is 3. The van der Waals surface area contributed by atoms with Crippen molar-refractivity contribution in [3.05, 3.63) is 42.2 Å². The van der Waals surface area contributed by atoms with Crippen molar-refractivity contribution in [2.24, 2.45) is 5.92 Å². The van der Waals surface area contributed by atoms with Gasteiger partial charge in [0.05, 0.1) is 24.5 Å². The highest BCUT2D eigenvalue weighted by molar-refractivity contribution is 5.97. The Labute approximate surface area is 206 Å². The Morgan fingerprint density at radius 1 is 1.00 bits per heavy atom. The van der Waals surface area contributed by atoms with E-state index in [4.69, 9.17) is 0 Å². The summed E-state index contributed by atoms with van der Waals surface area (Å²) in [6, 6.07) is 9.06. The molecule has 8 heteroatoms. The highest BCUT2D eigenvalue weighted by atomic mass is 16.5. The Morgan fingerprint density at radius 2 is 1.77 bits per heavy atom. The summed E-state index contributed by atoms with van der Waals surface area (Å²) in [6.45, 7) is 0. The molecule has 2 aliphatic rings. The third-order valence-electron chi connectivity index (χ3n) is 6.86. The Kier molecular flexibility index (Phi) is 8.34. The minimum atomic E-state index is -0.580. The number of hydrogen-bond donors (Lipinski definition) is 3. The van der Waals surface area contributed by atoms with Gasteiger partial charge in [0, 0.05) is 29.8 Å². The molecule has 0 radical (unpaired) electrons. The van der Waals surface area contributed by atoms with Gasteiger partial charge < -0.3 is 15.4 Å². The zero-order chi connectivity index (χ0) is 24.6. The minimum Gasteiger partial charge on any atom is -0.453 e.